The van der Waals surface area contributed by atoms with E-state index in [1.807, 2.05) is 6.07 Å². The number of ether oxygens (including phenoxy) is 2. The number of carboxylic acids is 1. The Kier molecular flexibility index (Phi) is 6.76. The normalized spacial score (nSPS) is 12.3. The average Bonchev–Trinajstić information content (AvgIpc) is 2.99. The van der Waals surface area contributed by atoms with Crippen molar-refractivity contribution in [1.82, 2.24) is 0 Å². The summed E-state index contributed by atoms with van der Waals surface area (Å²) < 4.78 is 9.89. The summed E-state index contributed by atoms with van der Waals surface area (Å²) in [6.07, 6.45) is -3.04. The van der Waals surface area contributed by atoms with Crippen LogP contribution in [0.1, 0.15) is 10.4 Å². The molecule has 10 nitrogen and oxygen atoms in total. The number of thiophene rings is 1. The molecule has 0 aliphatic heterocycles. The SMILES string of the molecule is COc1ccc(-c2c(C)sc(NC(=O)OC(C(N)=O)[C@H](N)C(=O)O)c2C#N)cc1. The number of primary amides is 1. The molecule has 1 aromatic heterocycles. The van der Waals surface area contributed by atoms with Crippen molar-refractivity contribution in [1.29, 1.82) is 5.26 Å². The Labute approximate surface area is 169 Å². The highest BCUT2D eigenvalue weighted by Crippen LogP contribution is 2.39. The van der Waals surface area contributed by atoms with Gasteiger partial charge < -0.3 is 26.0 Å². The maximum atomic E-state index is 12.2. The molecule has 29 heavy (non-hydrogen) atoms. The number of carbonyl (C=O) groups excluding carboxylic acids is 2. The summed E-state index contributed by atoms with van der Waals surface area (Å²) in [5, 5.41) is 21.0. The Morgan fingerprint density at radius 1 is 1.28 bits per heavy atom. The summed E-state index contributed by atoms with van der Waals surface area (Å²) in [5.74, 6) is -2.13. The number of nitriles is 1. The van der Waals surface area contributed by atoms with Crippen LogP contribution in [-0.2, 0) is 14.3 Å². The number of benzene rings is 1. The molecule has 2 rings (SSSR count). The first-order valence-electron chi connectivity index (χ1n) is 8.12. The number of carboxylic acid groups (broad SMARTS) is 1. The fourth-order valence-corrected chi connectivity index (χ4v) is 3.53. The molecule has 0 spiro atoms. The molecule has 0 saturated heterocycles. The summed E-state index contributed by atoms with van der Waals surface area (Å²) in [4.78, 5) is 35.2. The Balaban J connectivity index is 2.29. The van der Waals surface area contributed by atoms with Crippen LogP contribution in [0.25, 0.3) is 11.1 Å². The largest absolute Gasteiger partial charge is 0.497 e. The highest BCUT2D eigenvalue weighted by atomic mass is 32.1. The standard InChI is InChI=1S/C18H18N4O6S/c1-8-12(9-3-5-10(27-2)6-4-9)11(7-19)16(29-8)22-18(26)28-14(15(21)23)13(20)17(24)25/h3-6,13-14H,20H2,1-2H3,(H2,21,23)(H,22,26)(H,24,25)/t13-,14?/m0/s1. The van der Waals surface area contributed by atoms with Gasteiger partial charge in [-0.1, -0.05) is 12.1 Å². The molecule has 1 unspecified atom stereocenters. The molecule has 0 aliphatic carbocycles. The molecule has 1 heterocycles. The van der Waals surface area contributed by atoms with Crippen molar-refractivity contribution in [2.45, 2.75) is 19.1 Å². The number of hydrogen-bond acceptors (Lipinski definition) is 8. The van der Waals surface area contributed by atoms with Crippen LogP contribution in [0.2, 0.25) is 0 Å². The third-order valence-electron chi connectivity index (χ3n) is 3.92. The predicted molar refractivity (Wildman–Crippen MR) is 104 cm³/mol. The number of methoxy groups -OCH3 is 1. The van der Waals surface area contributed by atoms with Gasteiger partial charge in [-0.15, -0.1) is 11.3 Å². The molecular formula is C18H18N4O6S. The van der Waals surface area contributed by atoms with Gasteiger partial charge in [0.2, 0.25) is 6.10 Å². The van der Waals surface area contributed by atoms with E-state index < -0.39 is 30.1 Å². The quantitative estimate of drug-likeness (QED) is 0.521. The lowest BCUT2D eigenvalue weighted by atomic mass is 10.0. The smallest absolute Gasteiger partial charge is 0.413 e. The van der Waals surface area contributed by atoms with Crippen molar-refractivity contribution in [3.8, 4) is 22.9 Å². The topological polar surface area (TPSA) is 178 Å². The van der Waals surface area contributed by atoms with Gasteiger partial charge in [0.25, 0.3) is 5.91 Å². The van der Waals surface area contributed by atoms with Crippen LogP contribution in [0.4, 0.5) is 9.80 Å². The molecular weight excluding hydrogens is 400 g/mol. The Bertz CT molecular complexity index is 979. The van der Waals surface area contributed by atoms with Crippen LogP contribution in [-0.4, -0.2) is 42.3 Å². The van der Waals surface area contributed by atoms with Gasteiger partial charge >= 0.3 is 12.1 Å². The number of amides is 2. The number of rotatable bonds is 7. The van der Waals surface area contributed by atoms with Crippen LogP contribution >= 0.6 is 11.3 Å². The summed E-state index contributed by atoms with van der Waals surface area (Å²) in [6.45, 7) is 1.77. The van der Waals surface area contributed by atoms with E-state index in [1.165, 1.54) is 7.11 Å². The van der Waals surface area contributed by atoms with E-state index in [4.69, 9.17) is 26.0 Å². The third kappa shape index (κ3) is 4.81. The van der Waals surface area contributed by atoms with Gasteiger partial charge in [-0.2, -0.15) is 5.26 Å². The molecule has 0 bridgehead atoms. The first kappa shape index (κ1) is 21.7. The maximum absolute atomic E-state index is 12.2. The Hall–Kier alpha value is -3.62. The van der Waals surface area contributed by atoms with Crippen LogP contribution < -0.4 is 21.5 Å². The number of carbonyl (C=O) groups is 3. The molecule has 2 amide bonds. The zero-order valence-corrected chi connectivity index (χ0v) is 16.3. The van der Waals surface area contributed by atoms with Gasteiger partial charge in [0.05, 0.1) is 12.7 Å². The van der Waals surface area contributed by atoms with Gasteiger partial charge in [-0.05, 0) is 24.6 Å². The van der Waals surface area contributed by atoms with Crippen molar-refractivity contribution in [3.63, 3.8) is 0 Å². The van der Waals surface area contributed by atoms with Crippen molar-refractivity contribution in [2.75, 3.05) is 12.4 Å². The third-order valence-corrected chi connectivity index (χ3v) is 4.94. The van der Waals surface area contributed by atoms with Gasteiger partial charge in [-0.25, -0.2) is 4.79 Å². The zero-order chi connectivity index (χ0) is 21.7. The molecule has 0 aliphatic rings. The lowest BCUT2D eigenvalue weighted by Crippen LogP contribution is -2.51. The number of nitrogens with two attached hydrogens (primary N) is 2. The van der Waals surface area contributed by atoms with E-state index in [9.17, 15) is 19.6 Å². The highest BCUT2D eigenvalue weighted by molar-refractivity contribution is 7.17. The number of nitrogens with zero attached hydrogens (tertiary/aromatic N) is 1. The van der Waals surface area contributed by atoms with Crippen LogP contribution in [0.5, 0.6) is 5.75 Å². The molecule has 0 fully saturated rings. The number of nitrogens with one attached hydrogen (secondary N) is 1. The molecule has 2 atom stereocenters. The van der Waals surface area contributed by atoms with E-state index in [1.54, 1.807) is 31.2 Å². The first-order chi connectivity index (χ1) is 13.7. The second-order valence-corrected chi connectivity index (χ2v) is 7.02. The second-order valence-electron chi connectivity index (χ2n) is 5.79. The van der Waals surface area contributed by atoms with Gasteiger partial charge in [0, 0.05) is 10.4 Å². The van der Waals surface area contributed by atoms with Crippen molar-refractivity contribution in [2.24, 2.45) is 11.5 Å². The average molecular weight is 418 g/mol. The van der Waals surface area contributed by atoms with Gasteiger partial charge in [0.15, 0.2) is 0 Å². The molecule has 2 aromatic rings. The van der Waals surface area contributed by atoms with E-state index in [-0.39, 0.29) is 10.6 Å². The van der Waals surface area contributed by atoms with Crippen molar-refractivity contribution in [3.05, 3.63) is 34.7 Å². The fourth-order valence-electron chi connectivity index (χ4n) is 2.52. The minimum Gasteiger partial charge on any atom is -0.497 e. The highest BCUT2D eigenvalue weighted by Gasteiger charge is 2.33. The lowest BCUT2D eigenvalue weighted by molar-refractivity contribution is -0.145. The van der Waals surface area contributed by atoms with Crippen molar-refractivity contribution >= 4 is 34.3 Å². The molecule has 152 valence electrons. The molecule has 0 saturated carbocycles. The van der Waals surface area contributed by atoms with E-state index in [0.29, 0.717) is 11.3 Å². The second kappa shape index (κ2) is 9.05. The van der Waals surface area contributed by atoms with Crippen LogP contribution in [0, 0.1) is 18.3 Å². The number of anilines is 1. The summed E-state index contributed by atoms with van der Waals surface area (Å²) in [5.41, 5.74) is 11.9. The number of aliphatic carboxylic acids is 1. The van der Waals surface area contributed by atoms with Crippen LogP contribution in [0.3, 0.4) is 0 Å². The van der Waals surface area contributed by atoms with E-state index >= 15 is 0 Å². The summed E-state index contributed by atoms with van der Waals surface area (Å²) >= 11 is 1.12. The molecule has 0 radical (unpaired) electrons. The zero-order valence-electron chi connectivity index (χ0n) is 15.5. The molecule has 1 aromatic carbocycles. The van der Waals surface area contributed by atoms with Crippen LogP contribution in [0.15, 0.2) is 24.3 Å². The molecule has 6 N–H and O–H groups in total. The first-order valence-corrected chi connectivity index (χ1v) is 8.94. The molecule has 11 heteroatoms. The monoisotopic (exact) mass is 418 g/mol. The van der Waals surface area contributed by atoms with Gasteiger partial charge in [0.1, 0.15) is 22.9 Å². The summed E-state index contributed by atoms with van der Waals surface area (Å²) in [7, 11) is 1.54. The van der Waals surface area contributed by atoms with E-state index in [0.717, 1.165) is 21.8 Å². The minimum atomic E-state index is -1.87. The number of hydrogen-bond donors (Lipinski definition) is 4. The summed E-state index contributed by atoms with van der Waals surface area (Å²) in [6, 6.07) is 7.22. The lowest BCUT2D eigenvalue weighted by Gasteiger charge is -2.18. The van der Waals surface area contributed by atoms with Crippen molar-refractivity contribution < 1.29 is 29.0 Å². The maximum Gasteiger partial charge on any atom is 0.413 e. The Morgan fingerprint density at radius 3 is 2.38 bits per heavy atom. The van der Waals surface area contributed by atoms with Gasteiger partial charge in [-0.3, -0.25) is 14.9 Å². The predicted octanol–water partition coefficient (Wildman–Crippen LogP) is 1.42. The van der Waals surface area contributed by atoms with E-state index in [2.05, 4.69) is 5.32 Å². The number of aryl methyl sites for hydroxylation is 1. The Morgan fingerprint density at radius 2 is 1.90 bits per heavy atom. The minimum absolute atomic E-state index is 0.174. The fraction of sp³-hybridized carbons (Fsp3) is 0.222.